The van der Waals surface area contributed by atoms with Crippen molar-refractivity contribution in [3.63, 3.8) is 0 Å². The lowest BCUT2D eigenvalue weighted by molar-refractivity contribution is -0.136. The van der Waals surface area contributed by atoms with E-state index in [2.05, 4.69) is 0 Å². The van der Waals surface area contributed by atoms with Crippen LogP contribution in [0.2, 0.25) is 0 Å². The Hall–Kier alpha value is -2.32. The first-order chi connectivity index (χ1) is 9.58. The fourth-order valence-corrected chi connectivity index (χ4v) is 2.47. The van der Waals surface area contributed by atoms with Crippen LogP contribution in [0.4, 0.5) is 4.39 Å². The highest BCUT2D eigenvalue weighted by Crippen LogP contribution is 2.29. The van der Waals surface area contributed by atoms with Gasteiger partial charge in [0.1, 0.15) is 5.82 Å². The lowest BCUT2D eigenvalue weighted by Crippen LogP contribution is -2.02. The van der Waals surface area contributed by atoms with Crippen molar-refractivity contribution in [1.82, 2.24) is 0 Å². The Labute approximate surface area is 119 Å². The van der Waals surface area contributed by atoms with Crippen LogP contribution in [0.5, 0.6) is 0 Å². The summed E-state index contributed by atoms with van der Waals surface area (Å²) < 4.78 is 13.7. The number of carbonyl (C=O) groups is 1. The van der Waals surface area contributed by atoms with Gasteiger partial charge in [0, 0.05) is 9.79 Å². The lowest BCUT2D eigenvalue weighted by atomic mass is 10.1. The molecule has 2 rings (SSSR count). The average molecular weight is 287 g/mol. The summed E-state index contributed by atoms with van der Waals surface area (Å²) in [4.78, 5) is 12.1. The predicted octanol–water partition coefficient (Wildman–Crippen LogP) is 3.48. The van der Waals surface area contributed by atoms with Crippen LogP contribution in [-0.4, -0.2) is 11.1 Å². The molecule has 0 saturated carbocycles. The van der Waals surface area contributed by atoms with Crippen LogP contribution in [-0.2, 0) is 11.2 Å². The van der Waals surface area contributed by atoms with Crippen molar-refractivity contribution in [2.45, 2.75) is 16.2 Å². The van der Waals surface area contributed by atoms with E-state index in [4.69, 9.17) is 10.4 Å². The van der Waals surface area contributed by atoms with Crippen LogP contribution >= 0.6 is 11.8 Å². The zero-order valence-corrected chi connectivity index (χ0v) is 11.2. The van der Waals surface area contributed by atoms with E-state index in [1.54, 1.807) is 30.3 Å². The third-order valence-corrected chi connectivity index (χ3v) is 3.58. The van der Waals surface area contributed by atoms with Gasteiger partial charge in [-0.3, -0.25) is 4.79 Å². The molecule has 0 atom stereocenters. The molecule has 0 saturated heterocycles. The number of rotatable bonds is 4. The van der Waals surface area contributed by atoms with E-state index in [9.17, 15) is 9.18 Å². The zero-order chi connectivity index (χ0) is 14.5. The third-order valence-electron chi connectivity index (χ3n) is 2.59. The number of hydrogen-bond donors (Lipinski definition) is 1. The van der Waals surface area contributed by atoms with E-state index in [-0.39, 0.29) is 12.0 Å². The molecule has 1 N–H and O–H groups in total. The fraction of sp³-hybridized carbons (Fsp3) is 0.0667. The van der Waals surface area contributed by atoms with Crippen LogP contribution < -0.4 is 0 Å². The summed E-state index contributed by atoms with van der Waals surface area (Å²) in [5.74, 6) is -1.58. The van der Waals surface area contributed by atoms with Crippen molar-refractivity contribution in [1.29, 1.82) is 5.26 Å². The second-order valence-electron chi connectivity index (χ2n) is 4.06. The Bertz CT molecular complexity index is 677. The number of nitrogens with zero attached hydrogens (tertiary/aromatic N) is 1. The normalized spacial score (nSPS) is 10.0. The zero-order valence-electron chi connectivity index (χ0n) is 10.3. The summed E-state index contributed by atoms with van der Waals surface area (Å²) in [5, 5.41) is 17.3. The highest BCUT2D eigenvalue weighted by Gasteiger charge is 2.08. The quantitative estimate of drug-likeness (QED) is 0.935. The van der Waals surface area contributed by atoms with Gasteiger partial charge >= 0.3 is 5.97 Å². The second kappa shape index (κ2) is 6.22. The van der Waals surface area contributed by atoms with Crippen LogP contribution in [0.1, 0.15) is 11.1 Å². The maximum atomic E-state index is 13.7. The van der Waals surface area contributed by atoms with Gasteiger partial charge < -0.3 is 5.11 Å². The van der Waals surface area contributed by atoms with Crippen molar-refractivity contribution >= 4 is 17.7 Å². The molecule has 0 fully saturated rings. The van der Waals surface area contributed by atoms with Gasteiger partial charge in [0.2, 0.25) is 0 Å². The summed E-state index contributed by atoms with van der Waals surface area (Å²) in [6, 6.07) is 13.5. The first kappa shape index (κ1) is 14.1. The van der Waals surface area contributed by atoms with Crippen molar-refractivity contribution in [3.05, 3.63) is 59.4 Å². The third kappa shape index (κ3) is 3.59. The number of benzene rings is 2. The van der Waals surface area contributed by atoms with Gasteiger partial charge in [-0.1, -0.05) is 17.8 Å². The minimum absolute atomic E-state index is 0.168. The van der Waals surface area contributed by atoms with Gasteiger partial charge in [0.15, 0.2) is 0 Å². The average Bonchev–Trinajstić information content (AvgIpc) is 2.42. The van der Waals surface area contributed by atoms with E-state index in [1.807, 2.05) is 6.07 Å². The Morgan fingerprint density at radius 2 is 1.85 bits per heavy atom. The summed E-state index contributed by atoms with van der Waals surface area (Å²) in [7, 11) is 0. The highest BCUT2D eigenvalue weighted by atomic mass is 32.2. The van der Waals surface area contributed by atoms with Crippen LogP contribution in [0.25, 0.3) is 0 Å². The molecule has 20 heavy (non-hydrogen) atoms. The molecule has 0 spiro atoms. The topological polar surface area (TPSA) is 61.1 Å². The molecule has 100 valence electrons. The molecule has 3 nitrogen and oxygen atoms in total. The summed E-state index contributed by atoms with van der Waals surface area (Å²) in [6.07, 6.45) is -0.326. The van der Waals surface area contributed by atoms with E-state index in [0.29, 0.717) is 10.5 Å². The number of carboxylic acids is 1. The van der Waals surface area contributed by atoms with E-state index in [1.165, 1.54) is 23.9 Å². The van der Waals surface area contributed by atoms with Gasteiger partial charge in [0.25, 0.3) is 0 Å². The number of nitriles is 1. The number of carboxylic acid groups (broad SMARTS) is 1. The smallest absolute Gasteiger partial charge is 0.307 e. The van der Waals surface area contributed by atoms with Gasteiger partial charge in [-0.25, -0.2) is 4.39 Å². The van der Waals surface area contributed by atoms with Crippen molar-refractivity contribution in [2.24, 2.45) is 0 Å². The molecule has 2 aromatic carbocycles. The maximum absolute atomic E-state index is 13.7. The lowest BCUT2D eigenvalue weighted by Gasteiger charge is -2.05. The molecule has 0 unspecified atom stereocenters. The van der Waals surface area contributed by atoms with Crippen molar-refractivity contribution in [2.75, 3.05) is 0 Å². The molecule has 0 bridgehead atoms. The van der Waals surface area contributed by atoms with Gasteiger partial charge in [-0.2, -0.15) is 5.26 Å². The summed E-state index contributed by atoms with van der Waals surface area (Å²) >= 11 is 1.35. The Kier molecular flexibility index (Phi) is 4.38. The first-order valence-electron chi connectivity index (χ1n) is 5.77. The largest absolute Gasteiger partial charge is 0.481 e. The monoisotopic (exact) mass is 287 g/mol. The van der Waals surface area contributed by atoms with Crippen molar-refractivity contribution < 1.29 is 14.3 Å². The fourth-order valence-electron chi connectivity index (χ4n) is 1.63. The van der Waals surface area contributed by atoms with E-state index >= 15 is 0 Å². The van der Waals surface area contributed by atoms with E-state index < -0.39 is 11.8 Å². The molecular formula is C15H10FNO2S. The maximum Gasteiger partial charge on any atom is 0.307 e. The van der Waals surface area contributed by atoms with Crippen LogP contribution in [0.15, 0.2) is 52.3 Å². The molecule has 0 aromatic heterocycles. The summed E-state index contributed by atoms with van der Waals surface area (Å²) in [5.41, 5.74) is 0.735. The minimum Gasteiger partial charge on any atom is -0.481 e. The minimum atomic E-state index is -1.06. The van der Waals surface area contributed by atoms with Crippen LogP contribution in [0, 0.1) is 17.1 Å². The van der Waals surface area contributed by atoms with Crippen LogP contribution in [0.3, 0.4) is 0 Å². The Morgan fingerprint density at radius 3 is 2.40 bits per heavy atom. The molecule has 5 heteroatoms. The standard InChI is InChI=1S/C15H10FNO2S/c16-14-8-13(6-3-11(14)7-15(18)19)20-12-4-1-10(9-17)2-5-12/h1-6,8H,7H2,(H,18,19). The molecular weight excluding hydrogens is 277 g/mol. The molecule has 2 aromatic rings. The first-order valence-corrected chi connectivity index (χ1v) is 6.58. The SMILES string of the molecule is N#Cc1ccc(Sc2ccc(CC(=O)O)c(F)c2)cc1. The molecule has 0 heterocycles. The van der Waals surface area contributed by atoms with Gasteiger partial charge in [-0.15, -0.1) is 0 Å². The molecule has 0 aliphatic heterocycles. The predicted molar refractivity (Wildman–Crippen MR) is 73.0 cm³/mol. The molecule has 0 aliphatic carbocycles. The summed E-state index contributed by atoms with van der Waals surface area (Å²) in [6.45, 7) is 0. The number of hydrogen-bond acceptors (Lipinski definition) is 3. The molecule has 0 aliphatic rings. The highest BCUT2D eigenvalue weighted by molar-refractivity contribution is 7.99. The molecule has 0 radical (unpaired) electrons. The van der Waals surface area contributed by atoms with E-state index in [0.717, 1.165) is 4.90 Å². The van der Waals surface area contributed by atoms with Crippen molar-refractivity contribution in [3.8, 4) is 6.07 Å². The number of aliphatic carboxylic acids is 1. The second-order valence-corrected chi connectivity index (χ2v) is 5.21. The Balaban J connectivity index is 2.15. The van der Waals surface area contributed by atoms with Gasteiger partial charge in [0.05, 0.1) is 18.1 Å². The Morgan fingerprint density at radius 1 is 1.20 bits per heavy atom. The number of halogens is 1. The molecule has 0 amide bonds. The van der Waals surface area contributed by atoms with Gasteiger partial charge in [-0.05, 0) is 42.0 Å².